The summed E-state index contributed by atoms with van der Waals surface area (Å²) in [5, 5.41) is 3.43. The molecule has 6 heteroatoms. The highest BCUT2D eigenvalue weighted by Gasteiger charge is 2.28. The maximum absolute atomic E-state index is 13.3. The predicted octanol–water partition coefficient (Wildman–Crippen LogP) is 2.33. The summed E-state index contributed by atoms with van der Waals surface area (Å²) in [6.45, 7) is 10.3. The fraction of sp³-hybridized carbons (Fsp3) is 0.636. The molecular weight excluding hydrogens is 352 g/mol. The lowest BCUT2D eigenvalue weighted by Crippen LogP contribution is -2.47. The zero-order valence-corrected chi connectivity index (χ0v) is 17.3. The molecule has 0 aromatic heterocycles. The van der Waals surface area contributed by atoms with Gasteiger partial charge in [0.1, 0.15) is 0 Å². The Hall–Kier alpha value is -2.08. The number of piperidine rings is 1. The van der Waals surface area contributed by atoms with Gasteiger partial charge >= 0.3 is 0 Å². The maximum atomic E-state index is 13.3. The van der Waals surface area contributed by atoms with Crippen molar-refractivity contribution in [3.63, 3.8) is 0 Å². The van der Waals surface area contributed by atoms with Crippen molar-refractivity contribution in [2.24, 2.45) is 10.9 Å². The standard InChI is InChI=1S/C22H34N4O2/c1-3-23-22(26-11-7-8-18(2)17-26)24-16-20(19-9-5-4-6-10-19)21(27)25-12-14-28-15-13-25/h4-6,9-10,18,20H,3,7-8,11-17H2,1-2H3,(H,23,24). The molecule has 2 unspecified atom stereocenters. The van der Waals surface area contributed by atoms with Crippen LogP contribution in [-0.4, -0.2) is 74.1 Å². The van der Waals surface area contributed by atoms with E-state index in [1.165, 1.54) is 12.8 Å². The summed E-state index contributed by atoms with van der Waals surface area (Å²) < 4.78 is 5.42. The Morgan fingerprint density at radius 2 is 1.96 bits per heavy atom. The number of morpholine rings is 1. The monoisotopic (exact) mass is 386 g/mol. The molecule has 2 saturated heterocycles. The number of likely N-dealkylation sites (tertiary alicyclic amines) is 1. The smallest absolute Gasteiger partial charge is 0.232 e. The van der Waals surface area contributed by atoms with Crippen LogP contribution in [0.1, 0.15) is 38.2 Å². The molecule has 2 aliphatic rings. The van der Waals surface area contributed by atoms with Crippen molar-refractivity contribution in [3.05, 3.63) is 35.9 Å². The van der Waals surface area contributed by atoms with E-state index in [0.29, 0.717) is 38.8 Å². The van der Waals surface area contributed by atoms with Gasteiger partial charge < -0.3 is 19.9 Å². The topological polar surface area (TPSA) is 57.2 Å². The van der Waals surface area contributed by atoms with E-state index in [0.717, 1.165) is 31.2 Å². The summed E-state index contributed by atoms with van der Waals surface area (Å²) in [7, 11) is 0. The third-order valence-electron chi connectivity index (χ3n) is 5.54. The number of nitrogens with zero attached hydrogens (tertiary/aromatic N) is 3. The van der Waals surface area contributed by atoms with Crippen molar-refractivity contribution >= 4 is 11.9 Å². The van der Waals surface area contributed by atoms with Gasteiger partial charge in [0.05, 0.1) is 25.7 Å². The molecule has 0 bridgehead atoms. The normalized spacial score (nSPS) is 22.1. The first-order valence-electron chi connectivity index (χ1n) is 10.6. The number of ether oxygens (including phenoxy) is 1. The highest BCUT2D eigenvalue weighted by Crippen LogP contribution is 2.21. The van der Waals surface area contributed by atoms with Crippen molar-refractivity contribution < 1.29 is 9.53 Å². The first-order valence-corrected chi connectivity index (χ1v) is 10.6. The van der Waals surface area contributed by atoms with E-state index < -0.39 is 0 Å². The summed E-state index contributed by atoms with van der Waals surface area (Å²) >= 11 is 0. The van der Waals surface area contributed by atoms with Gasteiger partial charge in [-0.1, -0.05) is 37.3 Å². The minimum absolute atomic E-state index is 0.154. The number of hydrogen-bond acceptors (Lipinski definition) is 3. The molecule has 0 spiro atoms. The molecule has 0 aliphatic carbocycles. The molecule has 1 amide bonds. The number of carbonyl (C=O) groups excluding carboxylic acids is 1. The van der Waals surface area contributed by atoms with Crippen molar-refractivity contribution in [1.29, 1.82) is 0 Å². The molecule has 2 aliphatic heterocycles. The number of nitrogens with one attached hydrogen (secondary N) is 1. The first kappa shape index (κ1) is 20.6. The number of benzene rings is 1. The summed E-state index contributed by atoms with van der Waals surface area (Å²) in [5.74, 6) is 1.51. The zero-order valence-electron chi connectivity index (χ0n) is 17.3. The Labute approximate surface area is 168 Å². The van der Waals surface area contributed by atoms with Crippen LogP contribution in [0.3, 0.4) is 0 Å². The van der Waals surface area contributed by atoms with E-state index in [1.54, 1.807) is 0 Å². The molecule has 3 rings (SSSR count). The van der Waals surface area contributed by atoms with E-state index in [-0.39, 0.29) is 11.8 Å². The molecule has 2 atom stereocenters. The Morgan fingerprint density at radius 1 is 1.21 bits per heavy atom. The highest BCUT2D eigenvalue weighted by molar-refractivity contribution is 5.85. The SMILES string of the molecule is CCNC(=NCC(C(=O)N1CCOCC1)c1ccccc1)N1CCCC(C)C1. The van der Waals surface area contributed by atoms with Gasteiger partial charge in [0, 0.05) is 32.7 Å². The van der Waals surface area contributed by atoms with Gasteiger partial charge in [0.15, 0.2) is 5.96 Å². The van der Waals surface area contributed by atoms with Gasteiger partial charge in [0.25, 0.3) is 0 Å². The van der Waals surface area contributed by atoms with Crippen molar-refractivity contribution in [1.82, 2.24) is 15.1 Å². The second-order valence-corrected chi connectivity index (χ2v) is 7.79. The number of rotatable bonds is 5. The van der Waals surface area contributed by atoms with Crippen LogP contribution in [0.4, 0.5) is 0 Å². The van der Waals surface area contributed by atoms with Gasteiger partial charge in [-0.25, -0.2) is 0 Å². The highest BCUT2D eigenvalue weighted by atomic mass is 16.5. The Kier molecular flexibility index (Phi) is 7.71. The van der Waals surface area contributed by atoms with E-state index in [9.17, 15) is 4.79 Å². The molecule has 1 aromatic carbocycles. The Morgan fingerprint density at radius 3 is 2.64 bits per heavy atom. The van der Waals surface area contributed by atoms with Gasteiger partial charge in [-0.05, 0) is 31.2 Å². The molecule has 0 radical (unpaired) electrons. The van der Waals surface area contributed by atoms with Crippen LogP contribution in [0.2, 0.25) is 0 Å². The molecule has 2 fully saturated rings. The molecule has 1 aromatic rings. The van der Waals surface area contributed by atoms with Crippen molar-refractivity contribution in [2.75, 3.05) is 52.5 Å². The minimum atomic E-state index is -0.254. The lowest BCUT2D eigenvalue weighted by Gasteiger charge is -2.34. The van der Waals surface area contributed by atoms with E-state index in [4.69, 9.17) is 9.73 Å². The van der Waals surface area contributed by atoms with E-state index >= 15 is 0 Å². The number of amides is 1. The van der Waals surface area contributed by atoms with Gasteiger partial charge in [-0.2, -0.15) is 0 Å². The third kappa shape index (κ3) is 5.47. The Balaban J connectivity index is 1.78. The predicted molar refractivity (Wildman–Crippen MR) is 113 cm³/mol. The molecule has 6 nitrogen and oxygen atoms in total. The Bertz CT molecular complexity index is 643. The fourth-order valence-corrected chi connectivity index (χ4v) is 4.00. The number of hydrogen-bond donors (Lipinski definition) is 1. The molecule has 28 heavy (non-hydrogen) atoms. The number of aliphatic imine (C=N–C) groups is 1. The molecular formula is C22H34N4O2. The molecule has 0 saturated carbocycles. The van der Waals surface area contributed by atoms with Gasteiger partial charge in [-0.15, -0.1) is 0 Å². The largest absolute Gasteiger partial charge is 0.378 e. The molecule has 1 N–H and O–H groups in total. The van der Waals surface area contributed by atoms with Crippen LogP contribution in [0.25, 0.3) is 0 Å². The number of guanidine groups is 1. The lowest BCUT2D eigenvalue weighted by atomic mass is 9.97. The molecule has 154 valence electrons. The van der Waals surface area contributed by atoms with Crippen LogP contribution in [-0.2, 0) is 9.53 Å². The van der Waals surface area contributed by atoms with Crippen LogP contribution in [0.15, 0.2) is 35.3 Å². The van der Waals surface area contributed by atoms with Crippen LogP contribution >= 0.6 is 0 Å². The maximum Gasteiger partial charge on any atom is 0.232 e. The first-order chi connectivity index (χ1) is 13.7. The van der Waals surface area contributed by atoms with Gasteiger partial charge in [0.2, 0.25) is 5.91 Å². The summed E-state index contributed by atoms with van der Waals surface area (Å²) in [5.41, 5.74) is 1.03. The fourth-order valence-electron chi connectivity index (χ4n) is 4.00. The summed E-state index contributed by atoms with van der Waals surface area (Å²) in [6.07, 6.45) is 2.47. The van der Waals surface area contributed by atoms with Gasteiger partial charge in [-0.3, -0.25) is 9.79 Å². The van der Waals surface area contributed by atoms with Crippen molar-refractivity contribution in [3.8, 4) is 0 Å². The number of carbonyl (C=O) groups is 1. The molecule has 2 heterocycles. The minimum Gasteiger partial charge on any atom is -0.378 e. The summed E-state index contributed by atoms with van der Waals surface area (Å²) in [4.78, 5) is 22.5. The van der Waals surface area contributed by atoms with Crippen LogP contribution in [0, 0.1) is 5.92 Å². The zero-order chi connectivity index (χ0) is 19.8. The second kappa shape index (κ2) is 10.5. The quantitative estimate of drug-likeness (QED) is 0.623. The van der Waals surface area contributed by atoms with Crippen molar-refractivity contribution in [2.45, 2.75) is 32.6 Å². The average molecular weight is 387 g/mol. The van der Waals surface area contributed by atoms with E-state index in [1.807, 2.05) is 35.2 Å². The summed E-state index contributed by atoms with van der Waals surface area (Å²) in [6, 6.07) is 10.1. The lowest BCUT2D eigenvalue weighted by molar-refractivity contribution is -0.136. The second-order valence-electron chi connectivity index (χ2n) is 7.79. The third-order valence-corrected chi connectivity index (χ3v) is 5.54. The van der Waals surface area contributed by atoms with Crippen LogP contribution in [0.5, 0.6) is 0 Å². The average Bonchev–Trinajstić information content (AvgIpc) is 2.74. The van der Waals surface area contributed by atoms with E-state index in [2.05, 4.69) is 24.1 Å². The van der Waals surface area contributed by atoms with Crippen LogP contribution < -0.4 is 5.32 Å².